The number of rotatable bonds is 2. The predicted octanol–water partition coefficient (Wildman–Crippen LogP) is 1.73. The zero-order chi connectivity index (χ0) is 14.3. The first-order valence-electron chi connectivity index (χ1n) is 7.55. The molecule has 0 aromatic heterocycles. The van der Waals surface area contributed by atoms with E-state index in [0.29, 0.717) is 11.6 Å². The molecule has 110 valence electrons. The van der Waals surface area contributed by atoms with Gasteiger partial charge >= 0.3 is 0 Å². The number of anilines is 1. The number of hydrogen-bond donors (Lipinski definition) is 3. The van der Waals surface area contributed by atoms with Crippen LogP contribution < -0.4 is 15.8 Å². The molecular formula is C16H24N2O2. The van der Waals surface area contributed by atoms with Crippen molar-refractivity contribution in [1.29, 1.82) is 0 Å². The fraction of sp³-hybridized carbons (Fsp3) is 0.625. The number of nitrogen functional groups attached to an aromatic ring is 1. The van der Waals surface area contributed by atoms with Crippen LogP contribution in [0.15, 0.2) is 6.07 Å². The minimum absolute atomic E-state index is 0.158. The van der Waals surface area contributed by atoms with Crippen LogP contribution in [0, 0.1) is 6.92 Å². The number of ether oxygens (including phenoxy) is 1. The van der Waals surface area contributed by atoms with Gasteiger partial charge in [0, 0.05) is 12.0 Å². The molecule has 1 fully saturated rings. The summed E-state index contributed by atoms with van der Waals surface area (Å²) in [4.78, 5) is 0. The standard InChI is InChI=1S/C16H24N2O2/c1-9-7-13(17)16-12(8-14(20-16)10(2)19)15(9)11-3-5-18-6-4-11/h7,10-11,14,18-19H,3-6,8,17H2,1-2H3. The fourth-order valence-electron chi connectivity index (χ4n) is 3.60. The summed E-state index contributed by atoms with van der Waals surface area (Å²) in [6.07, 6.45) is 2.48. The third-order valence-corrected chi connectivity index (χ3v) is 4.62. The number of aliphatic hydroxyl groups is 1. The highest BCUT2D eigenvalue weighted by Gasteiger charge is 2.33. The van der Waals surface area contributed by atoms with E-state index >= 15 is 0 Å². The van der Waals surface area contributed by atoms with E-state index in [9.17, 15) is 5.11 Å². The van der Waals surface area contributed by atoms with E-state index in [1.54, 1.807) is 6.92 Å². The Hall–Kier alpha value is -1.26. The van der Waals surface area contributed by atoms with Crippen LogP contribution in [0.4, 0.5) is 5.69 Å². The van der Waals surface area contributed by atoms with Crippen LogP contribution >= 0.6 is 0 Å². The molecule has 2 heterocycles. The maximum atomic E-state index is 9.81. The molecule has 0 radical (unpaired) electrons. The van der Waals surface area contributed by atoms with Crippen molar-refractivity contribution in [3.63, 3.8) is 0 Å². The van der Waals surface area contributed by atoms with E-state index in [1.165, 1.54) is 16.7 Å². The van der Waals surface area contributed by atoms with Gasteiger partial charge in [-0.25, -0.2) is 0 Å². The van der Waals surface area contributed by atoms with Crippen LogP contribution in [-0.4, -0.2) is 30.4 Å². The maximum absolute atomic E-state index is 9.81. The molecule has 0 saturated carbocycles. The number of benzene rings is 1. The summed E-state index contributed by atoms with van der Waals surface area (Å²) in [5.74, 6) is 1.40. The number of aryl methyl sites for hydroxylation is 1. The first-order valence-corrected chi connectivity index (χ1v) is 7.55. The molecule has 0 amide bonds. The van der Waals surface area contributed by atoms with Gasteiger partial charge in [-0.3, -0.25) is 0 Å². The van der Waals surface area contributed by atoms with Crippen molar-refractivity contribution >= 4 is 5.69 Å². The number of aliphatic hydroxyl groups excluding tert-OH is 1. The minimum Gasteiger partial charge on any atom is -0.485 e. The fourth-order valence-corrected chi connectivity index (χ4v) is 3.60. The lowest BCUT2D eigenvalue weighted by atomic mass is 9.82. The first kappa shape index (κ1) is 13.7. The molecule has 1 saturated heterocycles. The number of nitrogens with two attached hydrogens (primary N) is 1. The molecule has 0 bridgehead atoms. The molecule has 1 aromatic rings. The minimum atomic E-state index is -0.469. The Morgan fingerprint density at radius 2 is 2.10 bits per heavy atom. The van der Waals surface area contributed by atoms with Gasteiger partial charge in [0.1, 0.15) is 11.9 Å². The number of piperidine rings is 1. The topological polar surface area (TPSA) is 67.5 Å². The van der Waals surface area contributed by atoms with E-state index in [4.69, 9.17) is 10.5 Å². The lowest BCUT2D eigenvalue weighted by molar-refractivity contribution is 0.0635. The van der Waals surface area contributed by atoms with Crippen molar-refractivity contribution in [2.24, 2.45) is 0 Å². The average Bonchev–Trinajstić information content (AvgIpc) is 2.85. The highest BCUT2D eigenvalue weighted by molar-refractivity contribution is 5.64. The van der Waals surface area contributed by atoms with Crippen LogP contribution in [0.25, 0.3) is 0 Å². The largest absolute Gasteiger partial charge is 0.485 e. The molecule has 2 aliphatic rings. The SMILES string of the molecule is Cc1cc(N)c2c(c1C1CCNCC1)CC(C(C)O)O2. The third-order valence-electron chi connectivity index (χ3n) is 4.62. The Bertz CT molecular complexity index is 508. The maximum Gasteiger partial charge on any atom is 0.146 e. The van der Waals surface area contributed by atoms with E-state index in [1.807, 2.05) is 6.07 Å². The molecule has 2 aliphatic heterocycles. The smallest absolute Gasteiger partial charge is 0.146 e. The summed E-state index contributed by atoms with van der Waals surface area (Å²) in [7, 11) is 0. The van der Waals surface area contributed by atoms with Crippen LogP contribution in [0.1, 0.15) is 42.4 Å². The lowest BCUT2D eigenvalue weighted by Crippen LogP contribution is -2.28. The van der Waals surface area contributed by atoms with Crippen LogP contribution in [-0.2, 0) is 6.42 Å². The number of fused-ring (bicyclic) bond motifs is 1. The van der Waals surface area contributed by atoms with Crippen molar-refractivity contribution in [2.45, 2.75) is 51.2 Å². The second-order valence-electron chi connectivity index (χ2n) is 6.13. The molecule has 20 heavy (non-hydrogen) atoms. The van der Waals surface area contributed by atoms with Crippen molar-refractivity contribution < 1.29 is 9.84 Å². The second-order valence-corrected chi connectivity index (χ2v) is 6.13. The molecule has 0 spiro atoms. The first-order chi connectivity index (χ1) is 9.58. The molecule has 3 rings (SSSR count). The van der Waals surface area contributed by atoms with Crippen molar-refractivity contribution in [3.8, 4) is 5.75 Å². The van der Waals surface area contributed by atoms with E-state index in [0.717, 1.165) is 38.1 Å². The summed E-state index contributed by atoms with van der Waals surface area (Å²) < 4.78 is 5.89. The van der Waals surface area contributed by atoms with Gasteiger partial charge in [0.2, 0.25) is 0 Å². The van der Waals surface area contributed by atoms with Gasteiger partial charge in [-0.1, -0.05) is 0 Å². The van der Waals surface area contributed by atoms with Gasteiger partial charge in [0.25, 0.3) is 0 Å². The molecular weight excluding hydrogens is 252 g/mol. The number of nitrogens with one attached hydrogen (secondary N) is 1. The third kappa shape index (κ3) is 2.27. The summed E-state index contributed by atoms with van der Waals surface area (Å²) in [6.45, 7) is 6.07. The Labute approximate surface area is 120 Å². The Balaban J connectivity index is 2.01. The van der Waals surface area contributed by atoms with Crippen LogP contribution in [0.3, 0.4) is 0 Å². The lowest BCUT2D eigenvalue weighted by Gasteiger charge is -2.26. The van der Waals surface area contributed by atoms with Gasteiger partial charge in [-0.05, 0) is 62.9 Å². The molecule has 1 aromatic carbocycles. The number of hydrogen-bond acceptors (Lipinski definition) is 4. The average molecular weight is 276 g/mol. The van der Waals surface area contributed by atoms with Gasteiger partial charge in [-0.15, -0.1) is 0 Å². The van der Waals surface area contributed by atoms with Crippen molar-refractivity contribution in [1.82, 2.24) is 5.32 Å². The van der Waals surface area contributed by atoms with Gasteiger partial charge in [0.15, 0.2) is 0 Å². The van der Waals surface area contributed by atoms with Gasteiger partial charge < -0.3 is 20.9 Å². The Kier molecular flexibility index (Phi) is 3.61. The molecule has 0 aliphatic carbocycles. The van der Waals surface area contributed by atoms with E-state index < -0.39 is 6.10 Å². The second kappa shape index (κ2) is 5.26. The van der Waals surface area contributed by atoms with Crippen LogP contribution in [0.2, 0.25) is 0 Å². The monoisotopic (exact) mass is 276 g/mol. The van der Waals surface area contributed by atoms with Crippen molar-refractivity contribution in [2.75, 3.05) is 18.8 Å². The van der Waals surface area contributed by atoms with Crippen LogP contribution in [0.5, 0.6) is 5.75 Å². The van der Waals surface area contributed by atoms with E-state index in [-0.39, 0.29) is 6.10 Å². The zero-order valence-electron chi connectivity index (χ0n) is 12.3. The highest BCUT2D eigenvalue weighted by Crippen LogP contribution is 2.43. The molecule has 2 unspecified atom stereocenters. The summed E-state index contributed by atoms with van der Waals surface area (Å²) >= 11 is 0. The normalized spacial score (nSPS) is 24.2. The van der Waals surface area contributed by atoms with Gasteiger partial charge in [0.05, 0.1) is 11.8 Å². The molecule has 4 nitrogen and oxygen atoms in total. The van der Waals surface area contributed by atoms with Crippen molar-refractivity contribution in [3.05, 3.63) is 22.8 Å². The highest BCUT2D eigenvalue weighted by atomic mass is 16.5. The molecule has 4 N–H and O–H groups in total. The summed E-state index contributed by atoms with van der Waals surface area (Å²) in [6, 6.07) is 2.03. The summed E-state index contributed by atoms with van der Waals surface area (Å²) in [5.41, 5.74) is 10.7. The van der Waals surface area contributed by atoms with E-state index in [2.05, 4.69) is 12.2 Å². The Morgan fingerprint density at radius 1 is 1.40 bits per heavy atom. The van der Waals surface area contributed by atoms with Gasteiger partial charge in [-0.2, -0.15) is 0 Å². The predicted molar refractivity (Wildman–Crippen MR) is 80.2 cm³/mol. The molecule has 2 atom stereocenters. The molecule has 4 heteroatoms. The Morgan fingerprint density at radius 3 is 2.75 bits per heavy atom. The zero-order valence-corrected chi connectivity index (χ0v) is 12.3. The summed E-state index contributed by atoms with van der Waals surface area (Å²) in [5, 5.41) is 13.2. The quantitative estimate of drug-likeness (QED) is 0.720.